The van der Waals surface area contributed by atoms with Crippen molar-refractivity contribution in [2.24, 2.45) is 0 Å². The van der Waals surface area contributed by atoms with Crippen LogP contribution >= 0.6 is 15.9 Å². The van der Waals surface area contributed by atoms with Crippen molar-refractivity contribution in [2.45, 2.75) is 12.5 Å². The molecular formula is C10H12BrO. The Morgan fingerprint density at radius 1 is 1.42 bits per heavy atom. The maximum absolute atomic E-state index is 9.90. The largest absolute Gasteiger partial charge is 0.385 e. The molecule has 0 saturated carbocycles. The molecule has 0 spiro atoms. The summed E-state index contributed by atoms with van der Waals surface area (Å²) in [6, 6.07) is 9.61. The molecular weight excluding hydrogens is 216 g/mol. The highest BCUT2D eigenvalue weighted by molar-refractivity contribution is 9.09. The summed E-state index contributed by atoms with van der Waals surface area (Å²) in [5.74, 6) is 0. The van der Waals surface area contributed by atoms with Crippen molar-refractivity contribution in [3.63, 3.8) is 0 Å². The minimum absolute atomic E-state index is 0.689. The zero-order valence-electron chi connectivity index (χ0n) is 7.00. The van der Waals surface area contributed by atoms with E-state index >= 15 is 0 Å². The topological polar surface area (TPSA) is 20.2 Å². The maximum Gasteiger partial charge on any atom is 0.0908 e. The van der Waals surface area contributed by atoms with Crippen molar-refractivity contribution in [3.8, 4) is 0 Å². The smallest absolute Gasteiger partial charge is 0.0908 e. The number of rotatable bonds is 3. The molecule has 12 heavy (non-hydrogen) atoms. The van der Waals surface area contributed by atoms with Gasteiger partial charge in [0.15, 0.2) is 0 Å². The SMILES string of the molecule is CC(O)([CH]CBr)c1ccccc1. The van der Waals surface area contributed by atoms with Gasteiger partial charge in [0.05, 0.1) is 5.60 Å². The first-order valence-corrected chi connectivity index (χ1v) is 4.97. The lowest BCUT2D eigenvalue weighted by molar-refractivity contribution is 0.0943. The number of halogens is 1. The lowest BCUT2D eigenvalue weighted by Gasteiger charge is -2.22. The van der Waals surface area contributed by atoms with Crippen molar-refractivity contribution < 1.29 is 5.11 Å². The molecule has 0 aliphatic rings. The molecule has 1 N–H and O–H groups in total. The van der Waals surface area contributed by atoms with Crippen LogP contribution in [0.2, 0.25) is 0 Å². The van der Waals surface area contributed by atoms with Crippen LogP contribution in [0.4, 0.5) is 0 Å². The zero-order chi connectivity index (χ0) is 9.03. The predicted octanol–water partition coefficient (Wildman–Crippen LogP) is 2.49. The monoisotopic (exact) mass is 227 g/mol. The summed E-state index contributed by atoms with van der Waals surface area (Å²) in [5.41, 5.74) is 0.0922. The molecule has 1 nitrogen and oxygen atoms in total. The summed E-state index contributed by atoms with van der Waals surface area (Å²) in [6.45, 7) is 1.78. The second-order valence-electron chi connectivity index (χ2n) is 2.87. The van der Waals surface area contributed by atoms with Crippen LogP contribution < -0.4 is 0 Å². The Bertz CT molecular complexity index is 231. The molecule has 1 unspecified atom stereocenters. The lowest BCUT2D eigenvalue weighted by Crippen LogP contribution is -2.22. The molecule has 1 aromatic rings. The van der Waals surface area contributed by atoms with Gasteiger partial charge in [-0.3, -0.25) is 0 Å². The third kappa shape index (κ3) is 2.32. The Labute approximate surface area is 81.6 Å². The van der Waals surface area contributed by atoms with Crippen molar-refractivity contribution in [3.05, 3.63) is 42.3 Å². The van der Waals surface area contributed by atoms with Gasteiger partial charge in [-0.1, -0.05) is 46.3 Å². The zero-order valence-corrected chi connectivity index (χ0v) is 8.58. The van der Waals surface area contributed by atoms with Crippen LogP contribution in [0, 0.1) is 6.42 Å². The van der Waals surface area contributed by atoms with Crippen molar-refractivity contribution in [2.75, 3.05) is 5.33 Å². The van der Waals surface area contributed by atoms with Gasteiger partial charge in [0.25, 0.3) is 0 Å². The highest BCUT2D eigenvalue weighted by Crippen LogP contribution is 2.23. The quantitative estimate of drug-likeness (QED) is 0.788. The highest BCUT2D eigenvalue weighted by atomic mass is 79.9. The Balaban J connectivity index is 2.82. The minimum atomic E-state index is -0.829. The van der Waals surface area contributed by atoms with E-state index in [4.69, 9.17) is 0 Å². The van der Waals surface area contributed by atoms with Gasteiger partial charge in [0.2, 0.25) is 0 Å². The second kappa shape index (κ2) is 4.06. The van der Waals surface area contributed by atoms with Crippen LogP contribution in [-0.2, 0) is 5.60 Å². The molecule has 1 aromatic carbocycles. The number of hydrogen-bond acceptors (Lipinski definition) is 1. The van der Waals surface area contributed by atoms with E-state index in [1.165, 1.54) is 0 Å². The van der Waals surface area contributed by atoms with Crippen molar-refractivity contribution in [1.82, 2.24) is 0 Å². The van der Waals surface area contributed by atoms with Gasteiger partial charge in [-0.15, -0.1) is 0 Å². The Hall–Kier alpha value is -0.340. The van der Waals surface area contributed by atoms with Crippen LogP contribution in [0.5, 0.6) is 0 Å². The number of hydrogen-bond donors (Lipinski definition) is 1. The standard InChI is InChI=1S/C10H12BrO/c1-10(12,7-8-11)9-5-3-2-4-6-9/h2-7,12H,8H2,1H3. The fourth-order valence-corrected chi connectivity index (χ4v) is 1.67. The Morgan fingerprint density at radius 2 is 2.00 bits per heavy atom. The Morgan fingerprint density at radius 3 is 2.50 bits per heavy atom. The molecule has 0 aromatic heterocycles. The molecule has 0 aliphatic heterocycles. The van der Waals surface area contributed by atoms with Gasteiger partial charge in [-0.2, -0.15) is 0 Å². The molecule has 1 atom stereocenters. The summed E-state index contributed by atoms with van der Waals surface area (Å²) in [5, 5.41) is 10.6. The van der Waals surface area contributed by atoms with Crippen molar-refractivity contribution in [1.29, 1.82) is 0 Å². The van der Waals surface area contributed by atoms with Crippen LogP contribution in [0.15, 0.2) is 30.3 Å². The van der Waals surface area contributed by atoms with E-state index in [1.54, 1.807) is 6.92 Å². The van der Waals surface area contributed by atoms with Gasteiger partial charge in [-0.25, -0.2) is 0 Å². The van der Waals surface area contributed by atoms with E-state index < -0.39 is 5.60 Å². The van der Waals surface area contributed by atoms with E-state index in [9.17, 15) is 5.11 Å². The van der Waals surface area contributed by atoms with E-state index in [1.807, 2.05) is 36.8 Å². The first-order chi connectivity index (χ1) is 5.67. The molecule has 0 saturated heterocycles. The lowest BCUT2D eigenvalue weighted by atomic mass is 9.94. The third-order valence-corrected chi connectivity index (χ3v) is 2.16. The number of alkyl halides is 1. The summed E-state index contributed by atoms with van der Waals surface area (Å²) in [6.07, 6.45) is 1.82. The van der Waals surface area contributed by atoms with E-state index in [0.717, 1.165) is 5.56 Å². The average molecular weight is 228 g/mol. The summed E-state index contributed by atoms with van der Waals surface area (Å²) >= 11 is 3.27. The third-order valence-electron chi connectivity index (χ3n) is 1.83. The van der Waals surface area contributed by atoms with E-state index in [2.05, 4.69) is 15.9 Å². The molecule has 0 amide bonds. The van der Waals surface area contributed by atoms with E-state index in [-0.39, 0.29) is 0 Å². The molecule has 1 radical (unpaired) electrons. The summed E-state index contributed by atoms with van der Waals surface area (Å²) < 4.78 is 0. The van der Waals surface area contributed by atoms with Crippen molar-refractivity contribution >= 4 is 15.9 Å². The molecule has 1 rings (SSSR count). The summed E-state index contributed by atoms with van der Waals surface area (Å²) in [4.78, 5) is 0. The number of benzene rings is 1. The van der Waals surface area contributed by atoms with Gasteiger partial charge >= 0.3 is 0 Å². The average Bonchev–Trinajstić information content (AvgIpc) is 2.06. The fraction of sp³-hybridized carbons (Fsp3) is 0.300. The highest BCUT2D eigenvalue weighted by Gasteiger charge is 2.21. The summed E-state index contributed by atoms with van der Waals surface area (Å²) in [7, 11) is 0. The fourth-order valence-electron chi connectivity index (χ4n) is 1.04. The predicted molar refractivity (Wildman–Crippen MR) is 54.1 cm³/mol. The Kier molecular flexibility index (Phi) is 3.29. The molecule has 65 valence electrons. The second-order valence-corrected chi connectivity index (χ2v) is 3.52. The van der Waals surface area contributed by atoms with Gasteiger partial charge in [0, 0.05) is 11.8 Å². The normalized spacial score (nSPS) is 15.6. The molecule has 0 heterocycles. The number of aliphatic hydroxyl groups is 1. The molecule has 0 aliphatic carbocycles. The van der Waals surface area contributed by atoms with Crippen LogP contribution in [0.1, 0.15) is 12.5 Å². The molecule has 2 heteroatoms. The molecule has 0 fully saturated rings. The minimum Gasteiger partial charge on any atom is -0.385 e. The molecule has 0 bridgehead atoms. The van der Waals surface area contributed by atoms with Crippen LogP contribution in [-0.4, -0.2) is 10.4 Å². The van der Waals surface area contributed by atoms with E-state index in [0.29, 0.717) is 5.33 Å². The first kappa shape index (κ1) is 9.75. The van der Waals surface area contributed by atoms with Crippen LogP contribution in [0.3, 0.4) is 0 Å². The van der Waals surface area contributed by atoms with Crippen LogP contribution in [0.25, 0.3) is 0 Å². The van der Waals surface area contributed by atoms with Gasteiger partial charge in [0.1, 0.15) is 0 Å². The van der Waals surface area contributed by atoms with Gasteiger partial charge < -0.3 is 5.11 Å². The maximum atomic E-state index is 9.90. The van der Waals surface area contributed by atoms with Gasteiger partial charge in [-0.05, 0) is 12.5 Å². The first-order valence-electron chi connectivity index (χ1n) is 3.85.